The molecule has 0 saturated carbocycles. The van der Waals surface area contributed by atoms with E-state index in [1.165, 1.54) is 25.3 Å². The van der Waals surface area contributed by atoms with Crippen molar-refractivity contribution in [2.45, 2.75) is 38.6 Å². The molecule has 1 saturated heterocycles. The summed E-state index contributed by atoms with van der Waals surface area (Å²) in [5.41, 5.74) is 2.96. The number of rotatable bonds is 10. The Bertz CT molecular complexity index is 924. The summed E-state index contributed by atoms with van der Waals surface area (Å²) in [6, 6.07) is 12.6. The number of nitrogens with zero attached hydrogens (tertiary/aromatic N) is 1. The van der Waals surface area contributed by atoms with Crippen LogP contribution in [0.2, 0.25) is 0 Å². The van der Waals surface area contributed by atoms with E-state index in [0.29, 0.717) is 18.8 Å². The highest BCUT2D eigenvalue weighted by atomic mass is 16.5. The molecule has 7 nitrogen and oxygen atoms in total. The molecule has 0 radical (unpaired) electrons. The minimum atomic E-state index is -1.06. The number of para-hydroxylation sites is 1. The molecule has 1 fully saturated rings. The highest BCUT2D eigenvalue weighted by Crippen LogP contribution is 2.29. The molecular formula is C25H32N2O5. The van der Waals surface area contributed by atoms with Gasteiger partial charge in [-0.15, -0.1) is 0 Å². The second-order valence-corrected chi connectivity index (χ2v) is 7.93. The number of ether oxygens (including phenoxy) is 2. The molecule has 32 heavy (non-hydrogen) atoms. The number of hydrogen-bond donors (Lipinski definition) is 2. The molecule has 1 amide bonds. The van der Waals surface area contributed by atoms with Crippen LogP contribution in [-0.4, -0.2) is 50.4 Å². The van der Waals surface area contributed by atoms with Crippen molar-refractivity contribution in [2.24, 2.45) is 0 Å². The van der Waals surface area contributed by atoms with E-state index in [4.69, 9.17) is 9.47 Å². The quantitative estimate of drug-likeness (QED) is 0.584. The van der Waals surface area contributed by atoms with Crippen molar-refractivity contribution in [1.82, 2.24) is 5.32 Å². The van der Waals surface area contributed by atoms with Crippen LogP contribution in [-0.2, 0) is 16.0 Å². The molecule has 0 spiro atoms. The van der Waals surface area contributed by atoms with Crippen LogP contribution in [0.1, 0.15) is 53.7 Å². The third-order valence-electron chi connectivity index (χ3n) is 5.62. The summed E-state index contributed by atoms with van der Waals surface area (Å²) >= 11 is 0. The van der Waals surface area contributed by atoms with Gasteiger partial charge in [0.05, 0.1) is 25.7 Å². The summed E-state index contributed by atoms with van der Waals surface area (Å²) in [5.74, 6) is -0.945. The van der Waals surface area contributed by atoms with E-state index in [9.17, 15) is 14.7 Å². The fourth-order valence-corrected chi connectivity index (χ4v) is 4.14. The van der Waals surface area contributed by atoms with Crippen LogP contribution in [0.15, 0.2) is 42.5 Å². The molecular weight excluding hydrogens is 408 g/mol. The second kappa shape index (κ2) is 11.5. The van der Waals surface area contributed by atoms with E-state index in [-0.39, 0.29) is 29.7 Å². The maximum Gasteiger partial charge on any atom is 0.339 e. The molecule has 1 aliphatic rings. The van der Waals surface area contributed by atoms with Gasteiger partial charge < -0.3 is 24.8 Å². The zero-order chi connectivity index (χ0) is 22.9. The molecule has 3 rings (SSSR count). The number of piperidine rings is 1. The topological polar surface area (TPSA) is 88.1 Å². The maximum atomic E-state index is 12.9. The summed E-state index contributed by atoms with van der Waals surface area (Å²) < 4.78 is 10.9. The highest BCUT2D eigenvalue weighted by molar-refractivity contribution is 5.91. The average Bonchev–Trinajstić information content (AvgIpc) is 2.79. The normalized spacial score (nSPS) is 14.6. The number of aromatic carboxylic acids is 1. The Morgan fingerprint density at radius 1 is 1.12 bits per heavy atom. The summed E-state index contributed by atoms with van der Waals surface area (Å²) in [6.45, 7) is 4.53. The number of anilines is 1. The number of benzene rings is 2. The minimum Gasteiger partial charge on any atom is -0.493 e. The third kappa shape index (κ3) is 6.01. The van der Waals surface area contributed by atoms with Crippen molar-refractivity contribution in [1.29, 1.82) is 0 Å². The lowest BCUT2D eigenvalue weighted by Gasteiger charge is -2.32. The summed E-state index contributed by atoms with van der Waals surface area (Å²) in [4.78, 5) is 26.7. The van der Waals surface area contributed by atoms with E-state index in [0.717, 1.165) is 24.3 Å². The van der Waals surface area contributed by atoms with Gasteiger partial charge in [0.15, 0.2) is 0 Å². The second-order valence-electron chi connectivity index (χ2n) is 7.93. The maximum absolute atomic E-state index is 12.9. The molecule has 2 aromatic rings. The van der Waals surface area contributed by atoms with Gasteiger partial charge in [0, 0.05) is 31.5 Å². The van der Waals surface area contributed by atoms with E-state index in [2.05, 4.69) is 16.3 Å². The summed E-state index contributed by atoms with van der Waals surface area (Å²) in [5, 5.41) is 12.4. The molecule has 0 aliphatic carbocycles. The predicted molar refractivity (Wildman–Crippen MR) is 124 cm³/mol. The van der Waals surface area contributed by atoms with Crippen molar-refractivity contribution in [2.75, 3.05) is 38.3 Å². The monoisotopic (exact) mass is 440 g/mol. The number of methoxy groups -OCH3 is 1. The van der Waals surface area contributed by atoms with Crippen molar-refractivity contribution < 1.29 is 24.2 Å². The van der Waals surface area contributed by atoms with Crippen LogP contribution in [0.3, 0.4) is 0 Å². The van der Waals surface area contributed by atoms with Gasteiger partial charge in [-0.2, -0.15) is 0 Å². The molecule has 0 aromatic heterocycles. The van der Waals surface area contributed by atoms with E-state index in [1.54, 1.807) is 26.2 Å². The SMILES string of the molecule is CCOc1cc(CC(=O)NC(COC)c2ccccc2N2CCCCC2)ccc1C(=O)O. The van der Waals surface area contributed by atoms with Gasteiger partial charge in [0.25, 0.3) is 0 Å². The molecule has 7 heteroatoms. The van der Waals surface area contributed by atoms with E-state index < -0.39 is 5.97 Å². The first-order valence-electron chi connectivity index (χ1n) is 11.1. The Kier molecular flexibility index (Phi) is 8.50. The Morgan fingerprint density at radius 3 is 2.56 bits per heavy atom. The Labute approximate surface area is 189 Å². The van der Waals surface area contributed by atoms with Gasteiger partial charge in [0.2, 0.25) is 5.91 Å². The van der Waals surface area contributed by atoms with Crippen molar-refractivity contribution in [3.8, 4) is 5.75 Å². The lowest BCUT2D eigenvalue weighted by atomic mass is 10.0. The first-order valence-corrected chi connectivity index (χ1v) is 11.1. The first-order chi connectivity index (χ1) is 15.5. The summed E-state index contributed by atoms with van der Waals surface area (Å²) in [6.07, 6.45) is 3.71. The number of carboxylic acids is 1. The molecule has 1 heterocycles. The molecule has 2 N–H and O–H groups in total. The largest absolute Gasteiger partial charge is 0.493 e. The lowest BCUT2D eigenvalue weighted by Crippen LogP contribution is -2.35. The van der Waals surface area contributed by atoms with Crippen LogP contribution < -0.4 is 15.0 Å². The van der Waals surface area contributed by atoms with E-state index in [1.807, 2.05) is 18.2 Å². The third-order valence-corrected chi connectivity index (χ3v) is 5.62. The fourth-order valence-electron chi connectivity index (χ4n) is 4.14. The zero-order valence-corrected chi connectivity index (χ0v) is 18.8. The highest BCUT2D eigenvalue weighted by Gasteiger charge is 2.22. The van der Waals surface area contributed by atoms with Crippen LogP contribution >= 0.6 is 0 Å². The van der Waals surface area contributed by atoms with Crippen LogP contribution in [0, 0.1) is 0 Å². The first kappa shape index (κ1) is 23.6. The standard InChI is InChI=1S/C25H32N2O5/c1-3-32-23-15-18(11-12-20(23)25(29)30)16-24(28)26-21(17-31-2)19-9-5-6-10-22(19)27-13-7-4-8-14-27/h5-6,9-12,15,21H,3-4,7-8,13-14,16-17H2,1-2H3,(H,26,28)(H,29,30). The molecule has 1 aliphatic heterocycles. The fraction of sp³-hybridized carbons (Fsp3) is 0.440. The summed E-state index contributed by atoms with van der Waals surface area (Å²) in [7, 11) is 1.63. The number of carbonyl (C=O) groups excluding carboxylic acids is 1. The molecule has 172 valence electrons. The van der Waals surface area contributed by atoms with Gasteiger partial charge in [-0.1, -0.05) is 24.3 Å². The van der Waals surface area contributed by atoms with Crippen molar-refractivity contribution in [3.63, 3.8) is 0 Å². The van der Waals surface area contributed by atoms with Gasteiger partial charge in [-0.05, 0) is 49.9 Å². The van der Waals surface area contributed by atoms with Gasteiger partial charge >= 0.3 is 5.97 Å². The van der Waals surface area contributed by atoms with Crippen LogP contribution in [0.5, 0.6) is 5.75 Å². The van der Waals surface area contributed by atoms with Crippen molar-refractivity contribution >= 4 is 17.6 Å². The lowest BCUT2D eigenvalue weighted by molar-refractivity contribution is -0.121. The molecule has 1 atom stereocenters. The van der Waals surface area contributed by atoms with E-state index >= 15 is 0 Å². The Hall–Kier alpha value is -3.06. The predicted octanol–water partition coefficient (Wildman–Crippen LogP) is 3.82. The van der Waals surface area contributed by atoms with Gasteiger partial charge in [0.1, 0.15) is 11.3 Å². The molecule has 0 bridgehead atoms. The van der Waals surface area contributed by atoms with Crippen molar-refractivity contribution in [3.05, 3.63) is 59.2 Å². The molecule has 1 unspecified atom stereocenters. The smallest absolute Gasteiger partial charge is 0.339 e. The van der Waals surface area contributed by atoms with Gasteiger partial charge in [-0.25, -0.2) is 4.79 Å². The Morgan fingerprint density at radius 2 is 1.88 bits per heavy atom. The minimum absolute atomic E-state index is 0.0868. The number of carbonyl (C=O) groups is 2. The number of hydrogen-bond acceptors (Lipinski definition) is 5. The van der Waals surface area contributed by atoms with Crippen LogP contribution in [0.25, 0.3) is 0 Å². The zero-order valence-electron chi connectivity index (χ0n) is 18.8. The number of amides is 1. The molecule has 2 aromatic carbocycles. The van der Waals surface area contributed by atoms with Crippen LogP contribution in [0.4, 0.5) is 5.69 Å². The van der Waals surface area contributed by atoms with Gasteiger partial charge in [-0.3, -0.25) is 4.79 Å². The number of nitrogens with one attached hydrogen (secondary N) is 1. The average molecular weight is 441 g/mol. The Balaban J connectivity index is 1.76. The number of carboxylic acid groups (broad SMARTS) is 1.